The monoisotopic (exact) mass is 385 g/mol. The lowest BCUT2D eigenvalue weighted by molar-refractivity contribution is -0.144. The fraction of sp³-hybridized carbons (Fsp3) is 0.375. The quantitative estimate of drug-likeness (QED) is 0.794. The number of amides is 2. The van der Waals surface area contributed by atoms with Crippen LogP contribution in [0.25, 0.3) is 0 Å². The molecule has 1 saturated heterocycles. The number of nitrogens with zero attached hydrogens (tertiary/aromatic N) is 3. The summed E-state index contributed by atoms with van der Waals surface area (Å²) in [5.41, 5.74) is 0.293. The van der Waals surface area contributed by atoms with Crippen LogP contribution in [-0.4, -0.2) is 45.0 Å². The summed E-state index contributed by atoms with van der Waals surface area (Å²) < 4.78 is 50.5. The second-order valence-corrected chi connectivity index (χ2v) is 6.09. The Labute approximate surface area is 150 Å². The van der Waals surface area contributed by atoms with Gasteiger partial charge in [0.1, 0.15) is 5.82 Å². The van der Waals surface area contributed by atoms with Crippen molar-refractivity contribution in [2.45, 2.75) is 19.0 Å². The van der Waals surface area contributed by atoms with E-state index in [1.807, 2.05) is 0 Å². The molecule has 1 aromatic carbocycles. The summed E-state index contributed by atoms with van der Waals surface area (Å²) in [6.45, 7) is 0.525. The van der Waals surface area contributed by atoms with Crippen LogP contribution in [-0.2, 0) is 11.0 Å². The van der Waals surface area contributed by atoms with E-state index in [4.69, 9.17) is 0 Å². The summed E-state index contributed by atoms with van der Waals surface area (Å²) in [4.78, 5) is 29.4. The topological polar surface area (TPSA) is 91.0 Å². The van der Waals surface area contributed by atoms with Crippen LogP contribution in [0.1, 0.15) is 29.0 Å². The average Bonchev–Trinajstić information content (AvgIpc) is 3.11. The van der Waals surface area contributed by atoms with Crippen LogP contribution in [0.2, 0.25) is 0 Å². The van der Waals surface area contributed by atoms with Gasteiger partial charge in [-0.05, 0) is 37.1 Å². The van der Waals surface area contributed by atoms with E-state index < -0.39 is 35.6 Å². The summed E-state index contributed by atoms with van der Waals surface area (Å²) in [6.07, 6.45) is -3.68. The van der Waals surface area contributed by atoms with Gasteiger partial charge in [-0.25, -0.2) is 4.39 Å². The second-order valence-electron chi connectivity index (χ2n) is 6.09. The third kappa shape index (κ3) is 4.41. The van der Waals surface area contributed by atoms with Crippen molar-refractivity contribution >= 4 is 17.8 Å². The van der Waals surface area contributed by atoms with Gasteiger partial charge in [0.15, 0.2) is 0 Å². The molecule has 2 N–H and O–H groups in total. The number of hydrogen-bond donors (Lipinski definition) is 2. The molecular weight excluding hydrogens is 370 g/mol. The van der Waals surface area contributed by atoms with Crippen molar-refractivity contribution in [3.05, 3.63) is 41.5 Å². The number of halogens is 4. The SMILES string of the molecule is O=C(Nc1n[nH]c(C(F)(F)F)n1)C1CCCN(C(=O)c2ccc(F)cc2)C1. The van der Waals surface area contributed by atoms with Gasteiger partial charge < -0.3 is 4.90 Å². The first-order valence-corrected chi connectivity index (χ1v) is 8.09. The molecule has 0 bridgehead atoms. The summed E-state index contributed by atoms with van der Waals surface area (Å²) in [5, 5.41) is 7.27. The highest BCUT2D eigenvalue weighted by atomic mass is 19.4. The largest absolute Gasteiger partial charge is 0.451 e. The van der Waals surface area contributed by atoms with Crippen LogP contribution in [0, 0.1) is 11.7 Å². The smallest absolute Gasteiger partial charge is 0.338 e. The minimum Gasteiger partial charge on any atom is -0.338 e. The molecule has 1 aliphatic heterocycles. The van der Waals surface area contributed by atoms with Gasteiger partial charge in [0.2, 0.25) is 17.7 Å². The molecule has 144 valence electrons. The van der Waals surface area contributed by atoms with E-state index in [9.17, 15) is 27.2 Å². The minimum absolute atomic E-state index is 0.0958. The molecular formula is C16H15F4N5O2. The fourth-order valence-corrected chi connectivity index (χ4v) is 2.81. The Morgan fingerprint density at radius 1 is 1.22 bits per heavy atom. The molecule has 1 atom stereocenters. The maximum absolute atomic E-state index is 13.0. The zero-order valence-corrected chi connectivity index (χ0v) is 13.9. The number of hydrogen-bond acceptors (Lipinski definition) is 4. The number of aromatic amines is 1. The molecule has 0 spiro atoms. The molecule has 2 aromatic rings. The minimum atomic E-state index is -4.70. The standard InChI is InChI=1S/C16H15F4N5O2/c17-11-5-3-9(4-6-11)13(27)25-7-1-2-10(8-25)12(26)21-15-22-14(23-24-15)16(18,19)20/h3-6,10H,1-2,7-8H2,(H2,21,22,23,24,26). The van der Waals surface area contributed by atoms with E-state index in [2.05, 4.69) is 15.4 Å². The predicted octanol–water partition coefficient (Wildman–Crippen LogP) is 2.45. The van der Waals surface area contributed by atoms with Gasteiger partial charge in [-0.3, -0.25) is 20.0 Å². The first-order chi connectivity index (χ1) is 12.7. The maximum atomic E-state index is 13.0. The summed E-state index contributed by atoms with van der Waals surface area (Å²) >= 11 is 0. The van der Waals surface area contributed by atoms with E-state index in [1.54, 1.807) is 5.10 Å². The fourth-order valence-electron chi connectivity index (χ4n) is 2.81. The van der Waals surface area contributed by atoms with Crippen LogP contribution in [0.5, 0.6) is 0 Å². The number of nitrogens with one attached hydrogen (secondary N) is 2. The van der Waals surface area contributed by atoms with E-state index in [0.717, 1.165) is 0 Å². The lowest BCUT2D eigenvalue weighted by atomic mass is 9.96. The van der Waals surface area contributed by atoms with Crippen molar-refractivity contribution < 1.29 is 27.2 Å². The number of carbonyl (C=O) groups is 2. The van der Waals surface area contributed by atoms with E-state index in [0.29, 0.717) is 24.9 Å². The van der Waals surface area contributed by atoms with Crippen molar-refractivity contribution in [3.63, 3.8) is 0 Å². The zero-order valence-electron chi connectivity index (χ0n) is 13.9. The van der Waals surface area contributed by atoms with Gasteiger partial charge in [0.25, 0.3) is 5.91 Å². The normalized spacial score (nSPS) is 17.6. The predicted molar refractivity (Wildman–Crippen MR) is 85.0 cm³/mol. The molecule has 1 aliphatic rings. The van der Waals surface area contributed by atoms with E-state index in [-0.39, 0.29) is 12.5 Å². The zero-order chi connectivity index (χ0) is 19.6. The van der Waals surface area contributed by atoms with Crippen LogP contribution in [0.3, 0.4) is 0 Å². The first-order valence-electron chi connectivity index (χ1n) is 8.09. The van der Waals surface area contributed by atoms with Crippen molar-refractivity contribution in [2.75, 3.05) is 18.4 Å². The van der Waals surface area contributed by atoms with E-state index >= 15 is 0 Å². The maximum Gasteiger partial charge on any atom is 0.451 e. The number of benzene rings is 1. The molecule has 27 heavy (non-hydrogen) atoms. The Morgan fingerprint density at radius 3 is 2.56 bits per heavy atom. The Hall–Kier alpha value is -2.98. The molecule has 1 unspecified atom stereocenters. The van der Waals surface area contributed by atoms with Crippen LogP contribution in [0.4, 0.5) is 23.5 Å². The molecule has 0 radical (unpaired) electrons. The molecule has 2 heterocycles. The van der Waals surface area contributed by atoms with Crippen molar-refractivity contribution in [1.82, 2.24) is 20.1 Å². The highest BCUT2D eigenvalue weighted by Gasteiger charge is 2.36. The van der Waals surface area contributed by atoms with Gasteiger partial charge in [0.05, 0.1) is 5.92 Å². The average molecular weight is 385 g/mol. The number of piperidine rings is 1. The molecule has 2 amide bonds. The molecule has 1 fully saturated rings. The Morgan fingerprint density at radius 2 is 1.93 bits per heavy atom. The van der Waals surface area contributed by atoms with Gasteiger partial charge in [-0.2, -0.15) is 18.2 Å². The summed E-state index contributed by atoms with van der Waals surface area (Å²) in [5.74, 6) is -3.78. The van der Waals surface area contributed by atoms with Crippen molar-refractivity contribution in [1.29, 1.82) is 0 Å². The van der Waals surface area contributed by atoms with Crippen LogP contribution in [0.15, 0.2) is 24.3 Å². The number of rotatable bonds is 3. The van der Waals surface area contributed by atoms with Crippen molar-refractivity contribution in [2.24, 2.45) is 5.92 Å². The van der Waals surface area contributed by atoms with Crippen LogP contribution >= 0.6 is 0 Å². The summed E-state index contributed by atoms with van der Waals surface area (Å²) in [7, 11) is 0. The Bertz CT molecular complexity index is 834. The molecule has 7 nitrogen and oxygen atoms in total. The number of aromatic nitrogens is 3. The molecule has 0 saturated carbocycles. The highest BCUT2D eigenvalue weighted by Crippen LogP contribution is 2.26. The highest BCUT2D eigenvalue weighted by molar-refractivity contribution is 5.95. The number of H-pyrrole nitrogens is 1. The number of likely N-dealkylation sites (tertiary alicyclic amines) is 1. The van der Waals surface area contributed by atoms with Crippen LogP contribution < -0.4 is 5.32 Å². The third-order valence-corrected chi connectivity index (χ3v) is 4.16. The lowest BCUT2D eigenvalue weighted by Gasteiger charge is -2.31. The van der Waals surface area contributed by atoms with Gasteiger partial charge in [-0.15, -0.1) is 5.10 Å². The molecule has 1 aromatic heterocycles. The number of alkyl halides is 3. The first kappa shape index (κ1) is 18.8. The second kappa shape index (κ2) is 7.33. The Kier molecular flexibility index (Phi) is 5.10. The molecule has 3 rings (SSSR count). The Balaban J connectivity index is 1.63. The molecule has 11 heteroatoms. The van der Waals surface area contributed by atoms with E-state index in [1.165, 1.54) is 29.2 Å². The summed E-state index contributed by atoms with van der Waals surface area (Å²) in [6, 6.07) is 5.05. The lowest BCUT2D eigenvalue weighted by Crippen LogP contribution is -2.43. The number of anilines is 1. The van der Waals surface area contributed by atoms with Gasteiger partial charge in [0, 0.05) is 18.7 Å². The number of carbonyl (C=O) groups excluding carboxylic acids is 2. The van der Waals surface area contributed by atoms with Gasteiger partial charge >= 0.3 is 6.18 Å². The van der Waals surface area contributed by atoms with Crippen molar-refractivity contribution in [3.8, 4) is 0 Å². The van der Waals surface area contributed by atoms with Gasteiger partial charge in [-0.1, -0.05) is 0 Å². The third-order valence-electron chi connectivity index (χ3n) is 4.16. The molecule has 0 aliphatic carbocycles.